The first kappa shape index (κ1) is 11.3. The Morgan fingerprint density at radius 3 is 2.88 bits per heavy atom. The van der Waals surface area contributed by atoms with E-state index in [4.69, 9.17) is 5.11 Å². The van der Waals surface area contributed by atoms with Gasteiger partial charge in [-0.2, -0.15) is 0 Å². The summed E-state index contributed by atoms with van der Waals surface area (Å²) in [5.74, 6) is 2.90. The van der Waals surface area contributed by atoms with Gasteiger partial charge in [-0.1, -0.05) is 6.92 Å². The van der Waals surface area contributed by atoms with Gasteiger partial charge in [0.15, 0.2) is 5.82 Å². The number of carboxylic acid groups (broad SMARTS) is 1. The van der Waals surface area contributed by atoms with E-state index in [1.165, 1.54) is 0 Å². The van der Waals surface area contributed by atoms with Crippen LogP contribution >= 0.6 is 11.8 Å². The molecule has 88 valence electrons. The molecule has 1 heterocycles. The van der Waals surface area contributed by atoms with Crippen molar-refractivity contribution in [2.75, 3.05) is 11.1 Å². The average Bonchev–Trinajstić information content (AvgIpc) is 2.99. The summed E-state index contributed by atoms with van der Waals surface area (Å²) < 4.78 is 2.01. The van der Waals surface area contributed by atoms with Gasteiger partial charge in [0.2, 0.25) is 0 Å². The molecule has 6 heteroatoms. The van der Waals surface area contributed by atoms with Gasteiger partial charge in [0.1, 0.15) is 10.9 Å². The van der Waals surface area contributed by atoms with Crippen molar-refractivity contribution in [3.05, 3.63) is 5.82 Å². The van der Waals surface area contributed by atoms with Crippen LogP contribution in [0, 0.1) is 0 Å². The molecule has 0 saturated heterocycles. The molecule has 0 unspecified atom stereocenters. The minimum atomic E-state index is -1.06. The number of anilines is 1. The molecular formula is C10H15N3O2S. The average molecular weight is 241 g/mol. The van der Waals surface area contributed by atoms with Gasteiger partial charge in [-0.05, 0) is 18.6 Å². The van der Waals surface area contributed by atoms with Crippen LogP contribution in [0.2, 0.25) is 0 Å². The minimum absolute atomic E-state index is 0.476. The number of amides is 1. The first-order valence-electron chi connectivity index (χ1n) is 5.32. The first-order chi connectivity index (χ1) is 7.63. The topological polar surface area (TPSA) is 67.2 Å². The highest BCUT2D eigenvalue weighted by atomic mass is 32.2. The van der Waals surface area contributed by atoms with Crippen LogP contribution in [-0.2, 0) is 7.05 Å². The summed E-state index contributed by atoms with van der Waals surface area (Å²) in [5, 5.41) is 12.0. The molecule has 0 atom stereocenters. The summed E-state index contributed by atoms with van der Waals surface area (Å²) in [5.41, 5.74) is 0. The molecule has 1 aromatic rings. The summed E-state index contributed by atoms with van der Waals surface area (Å²) in [6, 6.07) is 0. The Hall–Kier alpha value is -1.17. The van der Waals surface area contributed by atoms with E-state index in [0.717, 1.165) is 29.4 Å². The fourth-order valence-electron chi connectivity index (χ4n) is 1.69. The predicted octanol–water partition coefficient (Wildman–Crippen LogP) is 2.50. The fraction of sp³-hybridized carbons (Fsp3) is 0.600. The maximum atomic E-state index is 10.7. The zero-order valence-electron chi connectivity index (χ0n) is 9.36. The van der Waals surface area contributed by atoms with Crippen molar-refractivity contribution in [3.8, 4) is 0 Å². The Morgan fingerprint density at radius 1 is 1.69 bits per heavy atom. The number of thioether (sulfide) groups is 1. The smallest absolute Gasteiger partial charge is 0.410 e. The number of nitrogens with one attached hydrogen (secondary N) is 1. The molecule has 1 saturated carbocycles. The molecule has 0 spiro atoms. The quantitative estimate of drug-likeness (QED) is 0.795. The minimum Gasteiger partial charge on any atom is -0.465 e. The fourth-order valence-corrected chi connectivity index (χ4v) is 2.49. The van der Waals surface area contributed by atoms with Crippen molar-refractivity contribution in [2.45, 2.75) is 30.7 Å². The number of rotatable bonds is 4. The second-order valence-corrected chi connectivity index (χ2v) is 5.07. The van der Waals surface area contributed by atoms with E-state index < -0.39 is 6.09 Å². The third-order valence-electron chi connectivity index (χ3n) is 2.53. The largest absolute Gasteiger partial charge is 0.465 e. The zero-order valence-corrected chi connectivity index (χ0v) is 10.2. The van der Waals surface area contributed by atoms with Crippen LogP contribution in [0.4, 0.5) is 10.6 Å². The maximum absolute atomic E-state index is 10.7. The Bertz CT molecular complexity index is 412. The molecule has 0 aliphatic heterocycles. The van der Waals surface area contributed by atoms with E-state index in [1.807, 2.05) is 18.5 Å². The van der Waals surface area contributed by atoms with Crippen molar-refractivity contribution >= 4 is 23.7 Å². The molecule has 1 aromatic heterocycles. The number of nitrogens with zero attached hydrogens (tertiary/aromatic N) is 2. The summed E-state index contributed by atoms with van der Waals surface area (Å²) in [7, 11) is 1.95. The Labute approximate surface area is 98.2 Å². The van der Waals surface area contributed by atoms with Crippen LogP contribution in [0.25, 0.3) is 0 Å². The Kier molecular flexibility index (Phi) is 3.09. The van der Waals surface area contributed by atoms with E-state index in [9.17, 15) is 4.79 Å². The Balaban J connectivity index is 2.32. The zero-order chi connectivity index (χ0) is 11.7. The van der Waals surface area contributed by atoms with E-state index in [0.29, 0.717) is 11.7 Å². The molecule has 1 amide bonds. The number of hydrogen-bond donors (Lipinski definition) is 2. The van der Waals surface area contributed by atoms with E-state index in [-0.39, 0.29) is 0 Å². The molecule has 2 rings (SSSR count). The molecule has 0 bridgehead atoms. The van der Waals surface area contributed by atoms with Gasteiger partial charge in [0, 0.05) is 13.0 Å². The maximum Gasteiger partial charge on any atom is 0.410 e. The second kappa shape index (κ2) is 4.37. The highest BCUT2D eigenvalue weighted by molar-refractivity contribution is 7.99. The van der Waals surface area contributed by atoms with Crippen molar-refractivity contribution in [1.29, 1.82) is 0 Å². The third kappa shape index (κ3) is 2.16. The normalized spacial score (nSPS) is 15.1. The van der Waals surface area contributed by atoms with Gasteiger partial charge < -0.3 is 9.67 Å². The van der Waals surface area contributed by atoms with Crippen molar-refractivity contribution < 1.29 is 9.90 Å². The number of imidazole rings is 1. The van der Waals surface area contributed by atoms with E-state index in [2.05, 4.69) is 10.3 Å². The molecule has 5 nitrogen and oxygen atoms in total. The highest BCUT2D eigenvalue weighted by Gasteiger charge is 2.30. The molecule has 1 fully saturated rings. The lowest BCUT2D eigenvalue weighted by molar-refractivity contribution is 0.209. The van der Waals surface area contributed by atoms with Gasteiger partial charge in [-0.3, -0.25) is 5.32 Å². The lowest BCUT2D eigenvalue weighted by Gasteiger charge is -2.04. The lowest BCUT2D eigenvalue weighted by atomic mass is 10.4. The number of hydrogen-bond acceptors (Lipinski definition) is 3. The first-order valence-corrected chi connectivity index (χ1v) is 6.31. The van der Waals surface area contributed by atoms with Crippen LogP contribution in [0.1, 0.15) is 31.5 Å². The van der Waals surface area contributed by atoms with Crippen LogP contribution in [0.5, 0.6) is 0 Å². The van der Waals surface area contributed by atoms with Gasteiger partial charge in [-0.15, -0.1) is 11.8 Å². The van der Waals surface area contributed by atoms with Crippen molar-refractivity contribution in [1.82, 2.24) is 9.55 Å². The predicted molar refractivity (Wildman–Crippen MR) is 63.2 cm³/mol. The molecule has 1 aliphatic rings. The van der Waals surface area contributed by atoms with Gasteiger partial charge in [0.25, 0.3) is 0 Å². The van der Waals surface area contributed by atoms with E-state index >= 15 is 0 Å². The van der Waals surface area contributed by atoms with Gasteiger partial charge >= 0.3 is 6.09 Å². The van der Waals surface area contributed by atoms with E-state index in [1.54, 1.807) is 11.8 Å². The van der Waals surface area contributed by atoms with Gasteiger partial charge in [0.05, 0.1) is 0 Å². The van der Waals surface area contributed by atoms with Crippen molar-refractivity contribution in [2.24, 2.45) is 7.05 Å². The summed E-state index contributed by atoms with van der Waals surface area (Å²) >= 11 is 1.61. The lowest BCUT2D eigenvalue weighted by Crippen LogP contribution is -2.08. The van der Waals surface area contributed by atoms with Crippen LogP contribution in [0.3, 0.4) is 0 Å². The third-order valence-corrected chi connectivity index (χ3v) is 3.56. The van der Waals surface area contributed by atoms with Crippen LogP contribution in [-0.4, -0.2) is 26.5 Å². The van der Waals surface area contributed by atoms with Crippen LogP contribution < -0.4 is 5.32 Å². The highest BCUT2D eigenvalue weighted by Crippen LogP contribution is 2.42. The SMILES string of the molecule is CCSc1c(NC(=O)O)nc(C2CC2)n1C. The van der Waals surface area contributed by atoms with Crippen molar-refractivity contribution in [3.63, 3.8) is 0 Å². The summed E-state index contributed by atoms with van der Waals surface area (Å²) in [4.78, 5) is 15.0. The monoisotopic (exact) mass is 241 g/mol. The molecular weight excluding hydrogens is 226 g/mol. The summed E-state index contributed by atoms with van der Waals surface area (Å²) in [6.45, 7) is 2.04. The van der Waals surface area contributed by atoms with Crippen LogP contribution in [0.15, 0.2) is 5.03 Å². The number of carbonyl (C=O) groups is 1. The molecule has 0 radical (unpaired) electrons. The molecule has 2 N–H and O–H groups in total. The summed E-state index contributed by atoms with van der Waals surface area (Å²) in [6.07, 6.45) is 1.26. The molecule has 1 aliphatic carbocycles. The molecule has 16 heavy (non-hydrogen) atoms. The second-order valence-electron chi connectivity index (χ2n) is 3.82. The standard InChI is InChI=1S/C10H15N3O2S/c1-3-16-9-7(12-10(14)15)11-8(13(9)2)6-4-5-6/h6,12H,3-5H2,1-2H3,(H,14,15). The number of aromatic nitrogens is 2. The molecule has 0 aromatic carbocycles. The van der Waals surface area contributed by atoms with Gasteiger partial charge in [-0.25, -0.2) is 9.78 Å². The Morgan fingerprint density at radius 2 is 2.38 bits per heavy atom.